The highest BCUT2D eigenvalue weighted by Gasteiger charge is 2.49. The average Bonchev–Trinajstić information content (AvgIpc) is 3.84. The first-order valence-corrected chi connectivity index (χ1v) is 17.9. The van der Waals surface area contributed by atoms with Crippen molar-refractivity contribution < 1.29 is 18.5 Å². The lowest BCUT2D eigenvalue weighted by Gasteiger charge is -2.32. The Morgan fingerprint density at radius 3 is 2.88 bits per heavy atom. The van der Waals surface area contributed by atoms with Gasteiger partial charge < -0.3 is 14.5 Å². The molecule has 4 aliphatic rings. The molecule has 3 atom stereocenters. The Morgan fingerprint density at radius 2 is 2.02 bits per heavy atom. The first kappa shape index (κ1) is 32.7. The van der Waals surface area contributed by atoms with Gasteiger partial charge in [0.05, 0.1) is 47.3 Å². The number of ether oxygens (including phenoxy) is 1. The summed E-state index contributed by atoms with van der Waals surface area (Å²) in [6, 6.07) is 14.4. The predicted molar refractivity (Wildman–Crippen MR) is 192 cm³/mol. The number of anilines is 1. The third kappa shape index (κ3) is 6.44. The van der Waals surface area contributed by atoms with Crippen molar-refractivity contribution in [2.24, 2.45) is 5.92 Å². The number of nitrogens with zero attached hydrogens (tertiary/aromatic N) is 8. The number of hydrogen-bond acceptors (Lipinski definition) is 8. The van der Waals surface area contributed by atoms with E-state index in [2.05, 4.69) is 54.8 Å². The maximum Gasteiger partial charge on any atom is 0.434 e. The molecule has 8 rings (SSSR count). The molecule has 0 N–H and O–H groups in total. The minimum absolute atomic E-state index is 0.0336. The molecule has 4 aromatic rings. The number of fused-ring (bicyclic) bond motifs is 3. The Morgan fingerprint density at radius 1 is 1.14 bits per heavy atom. The maximum absolute atomic E-state index is 14.6. The van der Waals surface area contributed by atoms with Gasteiger partial charge in [-0.3, -0.25) is 9.69 Å². The van der Waals surface area contributed by atoms with E-state index >= 15 is 0 Å². The van der Waals surface area contributed by atoms with Crippen LogP contribution in [0.2, 0.25) is 5.02 Å². The van der Waals surface area contributed by atoms with Crippen LogP contribution >= 0.6 is 11.6 Å². The highest BCUT2D eigenvalue weighted by atomic mass is 35.5. The van der Waals surface area contributed by atoms with E-state index in [1.54, 1.807) is 24.4 Å². The summed E-state index contributed by atoms with van der Waals surface area (Å²) in [5, 5.41) is 2.85. The summed E-state index contributed by atoms with van der Waals surface area (Å²) < 4.78 is 23.1. The fraction of sp³-hybridized carbons (Fsp3) is 0.421. The van der Waals surface area contributed by atoms with Crippen LogP contribution in [0, 0.1) is 5.92 Å². The van der Waals surface area contributed by atoms with Crippen LogP contribution in [0.1, 0.15) is 42.6 Å². The monoisotopic (exact) mass is 695 g/mol. The zero-order chi connectivity index (χ0) is 34.2. The largest absolute Gasteiger partial charge is 0.443 e. The van der Waals surface area contributed by atoms with Gasteiger partial charge in [0.25, 0.3) is 0 Å². The first-order chi connectivity index (χ1) is 24.3. The number of carbonyl (C=O) groups excluding carboxylic acids is 1. The van der Waals surface area contributed by atoms with Gasteiger partial charge in [0, 0.05) is 73.3 Å². The van der Waals surface area contributed by atoms with E-state index in [1.165, 1.54) is 6.33 Å². The number of alkyl halides is 1. The van der Waals surface area contributed by atoms with Crippen molar-refractivity contribution in [1.29, 1.82) is 0 Å². The van der Waals surface area contributed by atoms with Gasteiger partial charge >= 0.3 is 11.8 Å². The van der Waals surface area contributed by atoms with Crippen LogP contribution < -0.4 is 9.64 Å². The van der Waals surface area contributed by atoms with Gasteiger partial charge in [-0.05, 0) is 55.5 Å². The zero-order valence-corrected chi connectivity index (χ0v) is 29.0. The molecule has 1 amide bonds. The summed E-state index contributed by atoms with van der Waals surface area (Å²) in [4.78, 5) is 37.5. The SMILES string of the molecule is C/[N+](=C/C1CCN(C(=O)/C=C/c2ccncn2)C1)c1nc(OC[C@@]23CCCN2C[C@H](F)C3)nc2c1CCN(c1cccc3cccc(Cl)c13)C2. The Balaban J connectivity index is 1.07. The van der Waals surface area contributed by atoms with Crippen molar-refractivity contribution >= 4 is 52.1 Å². The Labute approximate surface area is 296 Å². The van der Waals surface area contributed by atoms with Gasteiger partial charge in [0.15, 0.2) is 0 Å². The number of rotatable bonds is 8. The molecule has 4 aliphatic heterocycles. The molecule has 258 valence electrons. The Kier molecular flexibility index (Phi) is 8.95. The molecule has 0 saturated carbocycles. The van der Waals surface area contributed by atoms with Gasteiger partial charge in [0.2, 0.25) is 5.91 Å². The average molecular weight is 696 g/mol. The lowest BCUT2D eigenvalue weighted by molar-refractivity contribution is -0.407. The molecule has 2 aromatic heterocycles. The van der Waals surface area contributed by atoms with Crippen molar-refractivity contribution in [3.8, 4) is 6.01 Å². The fourth-order valence-electron chi connectivity index (χ4n) is 8.30. The third-order valence-electron chi connectivity index (χ3n) is 10.7. The van der Waals surface area contributed by atoms with Crippen molar-refractivity contribution in [3.05, 3.63) is 83.0 Å². The highest BCUT2D eigenvalue weighted by molar-refractivity contribution is 6.36. The molecule has 0 aliphatic carbocycles. The number of aromatic nitrogens is 4. The van der Waals surface area contributed by atoms with Crippen molar-refractivity contribution in [3.63, 3.8) is 0 Å². The number of halogens is 2. The molecule has 1 unspecified atom stereocenters. The molecule has 50 heavy (non-hydrogen) atoms. The molecule has 12 heteroatoms. The second-order valence-electron chi connectivity index (χ2n) is 14.0. The summed E-state index contributed by atoms with van der Waals surface area (Å²) in [5.41, 5.74) is 3.47. The van der Waals surface area contributed by atoms with E-state index in [4.69, 9.17) is 26.3 Å². The highest BCUT2D eigenvalue weighted by Crippen LogP contribution is 2.41. The normalized spacial score (nSPS) is 23.9. The van der Waals surface area contributed by atoms with Crippen LogP contribution in [0.3, 0.4) is 0 Å². The number of hydrogen-bond donors (Lipinski definition) is 0. The smallest absolute Gasteiger partial charge is 0.434 e. The van der Waals surface area contributed by atoms with Crippen LogP contribution in [0.15, 0.2) is 61.1 Å². The molecule has 6 heterocycles. The van der Waals surface area contributed by atoms with E-state index in [9.17, 15) is 9.18 Å². The van der Waals surface area contributed by atoms with Gasteiger partial charge in [-0.25, -0.2) is 18.9 Å². The topological polar surface area (TPSA) is 90.6 Å². The third-order valence-corrected chi connectivity index (χ3v) is 11.0. The standard InChI is InChI=1S/C38H41ClFN8O2/c1-45(20-26-12-17-47(21-26)34(49)10-9-29-11-15-41-25-42-29)36-30-13-18-46(33-8-3-6-27-5-2-7-31(39)35(27)33)23-32(30)43-37(44-36)50-24-38-14-4-16-48(38)22-28(40)19-38/h2-3,5-11,15,20,25-26,28H,4,12-14,16-19,21-24H2,1H3/q+1/b10-9+,45-20-/t26?,28-,38+/m1/s1. The summed E-state index contributed by atoms with van der Waals surface area (Å²) in [6.07, 6.45) is 11.8. The molecule has 3 saturated heterocycles. The Bertz CT molecular complexity index is 1970. The lowest BCUT2D eigenvalue weighted by Crippen LogP contribution is -2.43. The number of amides is 1. The fourth-order valence-corrected chi connectivity index (χ4v) is 8.57. The Hall–Kier alpha value is -4.48. The molecular formula is C38H41ClFN8O2+. The van der Waals surface area contributed by atoms with E-state index in [0.717, 1.165) is 77.3 Å². The molecule has 2 aromatic carbocycles. The van der Waals surface area contributed by atoms with Crippen LogP contribution in [-0.4, -0.2) is 105 Å². The second kappa shape index (κ2) is 13.7. The van der Waals surface area contributed by atoms with Crippen molar-refractivity contribution in [2.75, 3.05) is 51.3 Å². The molecule has 10 nitrogen and oxygen atoms in total. The number of carbonyl (C=O) groups is 1. The molecular weight excluding hydrogens is 655 g/mol. The number of benzene rings is 2. The van der Waals surface area contributed by atoms with Gasteiger partial charge in [-0.2, -0.15) is 4.98 Å². The second-order valence-corrected chi connectivity index (χ2v) is 14.4. The van der Waals surface area contributed by atoms with Gasteiger partial charge in [-0.15, -0.1) is 0 Å². The summed E-state index contributed by atoms with van der Waals surface area (Å²) >= 11 is 6.74. The van der Waals surface area contributed by atoms with E-state index < -0.39 is 6.17 Å². The van der Waals surface area contributed by atoms with Crippen LogP contribution in [0.5, 0.6) is 6.01 Å². The van der Waals surface area contributed by atoms with Crippen LogP contribution in [-0.2, 0) is 17.8 Å². The van der Waals surface area contributed by atoms with Crippen molar-refractivity contribution in [1.82, 2.24) is 29.7 Å². The van der Waals surface area contributed by atoms with Crippen molar-refractivity contribution in [2.45, 2.75) is 50.4 Å². The van der Waals surface area contributed by atoms with E-state index in [0.29, 0.717) is 50.9 Å². The minimum atomic E-state index is -0.832. The molecule has 3 fully saturated rings. The van der Waals surface area contributed by atoms with Crippen LogP contribution in [0.25, 0.3) is 16.8 Å². The maximum atomic E-state index is 14.6. The molecule has 0 radical (unpaired) electrons. The number of likely N-dealkylation sites (tertiary alicyclic amines) is 1. The summed E-state index contributed by atoms with van der Waals surface area (Å²) in [5.74, 6) is 0.938. The lowest BCUT2D eigenvalue weighted by atomic mass is 9.95. The van der Waals surface area contributed by atoms with E-state index in [-0.39, 0.29) is 17.4 Å². The first-order valence-electron chi connectivity index (χ1n) is 17.5. The zero-order valence-electron chi connectivity index (χ0n) is 28.2. The predicted octanol–water partition coefficient (Wildman–Crippen LogP) is 5.50. The van der Waals surface area contributed by atoms with Gasteiger partial charge in [0.1, 0.15) is 19.1 Å². The summed E-state index contributed by atoms with van der Waals surface area (Å²) in [6.45, 7) is 4.38. The van der Waals surface area contributed by atoms with E-state index in [1.807, 2.05) is 24.1 Å². The molecule has 0 bridgehead atoms. The summed E-state index contributed by atoms with van der Waals surface area (Å²) in [7, 11) is 2.02. The van der Waals surface area contributed by atoms with Gasteiger partial charge in [-0.1, -0.05) is 35.9 Å². The molecule has 0 spiro atoms. The quantitative estimate of drug-likeness (QED) is 0.136. The van der Waals surface area contributed by atoms with Crippen LogP contribution in [0.4, 0.5) is 15.9 Å². The minimum Gasteiger partial charge on any atom is -0.443 e.